The third-order valence-corrected chi connectivity index (χ3v) is 1.71. The molecule has 0 unspecified atom stereocenters. The first-order valence-electron chi connectivity index (χ1n) is 4.96. The summed E-state index contributed by atoms with van der Waals surface area (Å²) in [5, 5.41) is 2.88. The van der Waals surface area contributed by atoms with Crippen molar-refractivity contribution in [3.63, 3.8) is 0 Å². The summed E-state index contributed by atoms with van der Waals surface area (Å²) in [5.74, 6) is 0.195. The molecule has 1 amide bonds. The van der Waals surface area contributed by atoms with Gasteiger partial charge in [-0.05, 0) is 20.3 Å². The molecule has 2 heteroatoms. The molecule has 1 N–H and O–H groups in total. The molecule has 0 aromatic heterocycles. The minimum absolute atomic E-state index is 0.195. The van der Waals surface area contributed by atoms with Crippen LogP contribution in [-0.4, -0.2) is 11.9 Å². The highest BCUT2D eigenvalue weighted by atomic mass is 16.1. The molecule has 2 nitrogen and oxygen atoms in total. The van der Waals surface area contributed by atoms with E-state index in [4.69, 9.17) is 0 Å². The van der Waals surface area contributed by atoms with Crippen molar-refractivity contribution in [2.75, 3.05) is 0 Å². The second kappa shape index (κ2) is 7.14. The van der Waals surface area contributed by atoms with E-state index < -0.39 is 0 Å². The Bertz CT molecular complexity index is 121. The van der Waals surface area contributed by atoms with Crippen LogP contribution in [0.2, 0.25) is 0 Å². The van der Waals surface area contributed by atoms with Gasteiger partial charge in [0, 0.05) is 12.5 Å². The molecule has 0 heterocycles. The van der Waals surface area contributed by atoms with E-state index in [0.29, 0.717) is 6.42 Å². The van der Waals surface area contributed by atoms with Crippen LogP contribution in [0.1, 0.15) is 52.9 Å². The van der Waals surface area contributed by atoms with E-state index >= 15 is 0 Å². The lowest BCUT2D eigenvalue weighted by Crippen LogP contribution is -2.29. The summed E-state index contributed by atoms with van der Waals surface area (Å²) >= 11 is 0. The minimum Gasteiger partial charge on any atom is -0.354 e. The maximum absolute atomic E-state index is 11.1. The fourth-order valence-electron chi connectivity index (χ4n) is 1.11. The molecule has 0 radical (unpaired) electrons. The summed E-state index contributed by atoms with van der Waals surface area (Å²) in [4.78, 5) is 11.1. The number of amides is 1. The molecule has 0 atom stereocenters. The Morgan fingerprint density at radius 1 is 1.25 bits per heavy atom. The zero-order chi connectivity index (χ0) is 9.40. The van der Waals surface area contributed by atoms with E-state index in [1.54, 1.807) is 0 Å². The summed E-state index contributed by atoms with van der Waals surface area (Å²) in [7, 11) is 0. The molecule has 72 valence electrons. The highest BCUT2D eigenvalue weighted by Crippen LogP contribution is 2.01. The number of unbranched alkanes of at least 4 members (excludes halogenated alkanes) is 3. The van der Waals surface area contributed by atoms with Gasteiger partial charge in [0.2, 0.25) is 5.91 Å². The predicted octanol–water partition coefficient (Wildman–Crippen LogP) is 2.48. The van der Waals surface area contributed by atoms with Crippen molar-refractivity contribution in [2.24, 2.45) is 0 Å². The van der Waals surface area contributed by atoms with E-state index in [1.165, 1.54) is 19.3 Å². The van der Waals surface area contributed by atoms with E-state index in [1.807, 2.05) is 13.8 Å². The van der Waals surface area contributed by atoms with E-state index in [2.05, 4.69) is 12.2 Å². The summed E-state index contributed by atoms with van der Waals surface area (Å²) in [5.41, 5.74) is 0. The highest BCUT2D eigenvalue weighted by molar-refractivity contribution is 5.76. The van der Waals surface area contributed by atoms with Gasteiger partial charge in [0.15, 0.2) is 0 Å². The standard InChI is InChI=1S/C10H21NO/c1-4-5-6-7-8-10(12)11-9(2)3/h9H,4-8H2,1-3H3,(H,11,12). The zero-order valence-corrected chi connectivity index (χ0v) is 8.52. The smallest absolute Gasteiger partial charge is 0.220 e. The van der Waals surface area contributed by atoms with E-state index in [9.17, 15) is 4.79 Å². The molecular formula is C10H21NO. The van der Waals surface area contributed by atoms with Gasteiger partial charge in [-0.25, -0.2) is 0 Å². The molecule has 0 spiro atoms. The number of hydrogen-bond donors (Lipinski definition) is 1. The van der Waals surface area contributed by atoms with Gasteiger partial charge < -0.3 is 5.32 Å². The summed E-state index contributed by atoms with van der Waals surface area (Å²) in [6.45, 7) is 6.15. The van der Waals surface area contributed by atoms with Crippen molar-refractivity contribution in [3.05, 3.63) is 0 Å². The Kier molecular flexibility index (Phi) is 6.82. The zero-order valence-electron chi connectivity index (χ0n) is 8.52. The van der Waals surface area contributed by atoms with Gasteiger partial charge in [0.05, 0.1) is 0 Å². The number of carbonyl (C=O) groups is 1. The lowest BCUT2D eigenvalue weighted by molar-refractivity contribution is -0.121. The average molecular weight is 171 g/mol. The van der Waals surface area contributed by atoms with Gasteiger partial charge in [-0.15, -0.1) is 0 Å². The van der Waals surface area contributed by atoms with Crippen LogP contribution in [0.4, 0.5) is 0 Å². The Morgan fingerprint density at radius 2 is 1.92 bits per heavy atom. The first-order valence-corrected chi connectivity index (χ1v) is 4.96. The van der Waals surface area contributed by atoms with Gasteiger partial charge in [-0.2, -0.15) is 0 Å². The normalized spacial score (nSPS) is 10.3. The van der Waals surface area contributed by atoms with Crippen molar-refractivity contribution in [1.29, 1.82) is 0 Å². The van der Waals surface area contributed by atoms with Crippen LogP contribution in [0.5, 0.6) is 0 Å². The largest absolute Gasteiger partial charge is 0.354 e. The Labute approximate surface area is 75.7 Å². The SMILES string of the molecule is CCCCCCC(=O)NC(C)C. The Balaban J connectivity index is 3.20. The van der Waals surface area contributed by atoms with Gasteiger partial charge >= 0.3 is 0 Å². The molecular weight excluding hydrogens is 150 g/mol. The molecule has 0 saturated carbocycles. The number of nitrogens with one attached hydrogen (secondary N) is 1. The fourth-order valence-corrected chi connectivity index (χ4v) is 1.11. The van der Waals surface area contributed by atoms with Crippen LogP contribution in [-0.2, 0) is 4.79 Å². The molecule has 12 heavy (non-hydrogen) atoms. The molecule has 0 fully saturated rings. The van der Waals surface area contributed by atoms with Crippen molar-refractivity contribution in [1.82, 2.24) is 5.32 Å². The van der Waals surface area contributed by atoms with Gasteiger partial charge in [-0.3, -0.25) is 4.79 Å². The van der Waals surface area contributed by atoms with E-state index in [-0.39, 0.29) is 11.9 Å². The molecule has 0 bridgehead atoms. The van der Waals surface area contributed by atoms with Crippen LogP contribution in [0.3, 0.4) is 0 Å². The van der Waals surface area contributed by atoms with Crippen LogP contribution < -0.4 is 5.32 Å². The minimum atomic E-state index is 0.195. The molecule has 0 aliphatic heterocycles. The van der Waals surface area contributed by atoms with E-state index in [0.717, 1.165) is 6.42 Å². The maximum Gasteiger partial charge on any atom is 0.220 e. The predicted molar refractivity (Wildman–Crippen MR) is 52.0 cm³/mol. The maximum atomic E-state index is 11.1. The molecule has 0 aromatic carbocycles. The van der Waals surface area contributed by atoms with Gasteiger partial charge in [-0.1, -0.05) is 26.2 Å². The lowest BCUT2D eigenvalue weighted by atomic mass is 10.1. The molecule has 0 rings (SSSR count). The molecule has 0 aliphatic rings. The second-order valence-electron chi connectivity index (χ2n) is 3.53. The third-order valence-electron chi connectivity index (χ3n) is 1.71. The van der Waals surface area contributed by atoms with Gasteiger partial charge in [0.1, 0.15) is 0 Å². The number of rotatable bonds is 6. The highest BCUT2D eigenvalue weighted by Gasteiger charge is 2.01. The molecule has 0 aromatic rings. The topological polar surface area (TPSA) is 29.1 Å². The fraction of sp³-hybridized carbons (Fsp3) is 0.900. The van der Waals surface area contributed by atoms with Crippen molar-refractivity contribution < 1.29 is 4.79 Å². The average Bonchev–Trinajstić information content (AvgIpc) is 1.97. The van der Waals surface area contributed by atoms with Crippen molar-refractivity contribution in [2.45, 2.75) is 58.9 Å². The van der Waals surface area contributed by atoms with Crippen molar-refractivity contribution >= 4 is 5.91 Å². The third kappa shape index (κ3) is 7.58. The number of hydrogen-bond acceptors (Lipinski definition) is 1. The summed E-state index contributed by atoms with van der Waals surface area (Å²) in [6, 6.07) is 0.281. The first-order chi connectivity index (χ1) is 5.66. The van der Waals surface area contributed by atoms with Gasteiger partial charge in [0.25, 0.3) is 0 Å². The lowest BCUT2D eigenvalue weighted by Gasteiger charge is -2.07. The molecule has 0 saturated heterocycles. The molecule has 0 aliphatic carbocycles. The summed E-state index contributed by atoms with van der Waals surface area (Å²) in [6.07, 6.45) is 5.38. The van der Waals surface area contributed by atoms with Crippen molar-refractivity contribution in [3.8, 4) is 0 Å². The van der Waals surface area contributed by atoms with Crippen LogP contribution in [0.25, 0.3) is 0 Å². The van der Waals surface area contributed by atoms with Crippen LogP contribution in [0, 0.1) is 0 Å². The second-order valence-corrected chi connectivity index (χ2v) is 3.53. The number of carbonyl (C=O) groups excluding carboxylic acids is 1. The first kappa shape index (κ1) is 11.5. The monoisotopic (exact) mass is 171 g/mol. The van der Waals surface area contributed by atoms with Crippen LogP contribution >= 0.6 is 0 Å². The Morgan fingerprint density at radius 3 is 2.42 bits per heavy atom. The Hall–Kier alpha value is -0.530. The van der Waals surface area contributed by atoms with Crippen LogP contribution in [0.15, 0.2) is 0 Å². The summed E-state index contributed by atoms with van der Waals surface area (Å²) < 4.78 is 0. The quantitative estimate of drug-likeness (QED) is 0.611.